The molecule has 0 spiro atoms. The van der Waals surface area contributed by atoms with Gasteiger partial charge in [-0.25, -0.2) is 0 Å². The molecule has 2 aromatic rings. The van der Waals surface area contributed by atoms with Crippen LogP contribution in [-0.2, 0) is 19.3 Å². The van der Waals surface area contributed by atoms with Crippen molar-refractivity contribution in [2.24, 2.45) is 0 Å². The van der Waals surface area contributed by atoms with E-state index in [4.69, 9.17) is 0 Å². The van der Waals surface area contributed by atoms with Crippen LogP contribution >= 0.6 is 0 Å². The number of halogens is 3. The zero-order chi connectivity index (χ0) is 17.7. The predicted octanol–water partition coefficient (Wildman–Crippen LogP) is 3.25. The third-order valence-corrected chi connectivity index (χ3v) is 4.45. The maximum atomic E-state index is 12.5. The number of hydrogen-bond donors (Lipinski definition) is 1. The van der Waals surface area contributed by atoms with Crippen molar-refractivity contribution < 1.29 is 13.2 Å². The number of rotatable bonds is 5. The Morgan fingerprint density at radius 2 is 1.76 bits per heavy atom. The summed E-state index contributed by atoms with van der Waals surface area (Å²) in [5.41, 5.74) is 1.19. The standard InChI is InChI=1S/C18H21F3N4/c19-18(20,21)17-2-1-15(12-24-17)11-23-16-5-9-25(10-6-16)13-14-3-7-22-8-4-14/h1-4,7-8,12,16,23H,5-6,9-11,13H2. The van der Waals surface area contributed by atoms with Gasteiger partial charge in [-0.05, 0) is 55.3 Å². The van der Waals surface area contributed by atoms with Crippen molar-refractivity contribution in [3.63, 3.8) is 0 Å². The molecule has 0 atom stereocenters. The lowest BCUT2D eigenvalue weighted by atomic mass is 10.0. The van der Waals surface area contributed by atoms with E-state index in [0.717, 1.165) is 44.1 Å². The monoisotopic (exact) mass is 350 g/mol. The van der Waals surface area contributed by atoms with E-state index in [2.05, 4.69) is 20.2 Å². The summed E-state index contributed by atoms with van der Waals surface area (Å²) < 4.78 is 37.5. The molecule has 0 radical (unpaired) electrons. The molecule has 7 heteroatoms. The van der Waals surface area contributed by atoms with Gasteiger partial charge in [0.05, 0.1) is 0 Å². The van der Waals surface area contributed by atoms with E-state index in [1.165, 1.54) is 17.8 Å². The fourth-order valence-corrected chi connectivity index (χ4v) is 3.00. The smallest absolute Gasteiger partial charge is 0.310 e. The van der Waals surface area contributed by atoms with Gasteiger partial charge in [-0.2, -0.15) is 13.2 Å². The fourth-order valence-electron chi connectivity index (χ4n) is 3.00. The summed E-state index contributed by atoms with van der Waals surface area (Å²) in [6, 6.07) is 6.97. The lowest BCUT2D eigenvalue weighted by Crippen LogP contribution is -2.41. The molecule has 1 aliphatic rings. The van der Waals surface area contributed by atoms with Crippen LogP contribution in [0.4, 0.5) is 13.2 Å². The van der Waals surface area contributed by atoms with Crippen molar-refractivity contribution in [2.45, 2.75) is 38.1 Å². The van der Waals surface area contributed by atoms with E-state index >= 15 is 0 Å². The van der Waals surface area contributed by atoms with Gasteiger partial charge >= 0.3 is 6.18 Å². The van der Waals surface area contributed by atoms with Crippen LogP contribution in [0.3, 0.4) is 0 Å². The third kappa shape index (κ3) is 5.24. The number of alkyl halides is 3. The topological polar surface area (TPSA) is 41.0 Å². The molecule has 0 bridgehead atoms. The molecule has 1 N–H and O–H groups in total. The lowest BCUT2D eigenvalue weighted by molar-refractivity contribution is -0.141. The molecule has 25 heavy (non-hydrogen) atoms. The highest BCUT2D eigenvalue weighted by molar-refractivity contribution is 5.16. The fraction of sp³-hybridized carbons (Fsp3) is 0.444. The summed E-state index contributed by atoms with van der Waals surface area (Å²) >= 11 is 0. The quantitative estimate of drug-likeness (QED) is 0.899. The number of piperidine rings is 1. The van der Waals surface area contributed by atoms with Gasteiger partial charge in [-0.3, -0.25) is 14.9 Å². The van der Waals surface area contributed by atoms with Crippen LogP contribution in [0, 0.1) is 0 Å². The molecule has 0 unspecified atom stereocenters. The molecule has 0 aliphatic carbocycles. The summed E-state index contributed by atoms with van der Waals surface area (Å²) in [5, 5.41) is 3.42. The average molecular weight is 350 g/mol. The second-order valence-corrected chi connectivity index (χ2v) is 6.34. The van der Waals surface area contributed by atoms with Crippen molar-refractivity contribution in [2.75, 3.05) is 13.1 Å². The van der Waals surface area contributed by atoms with Gasteiger partial charge in [0.2, 0.25) is 0 Å². The molecule has 3 rings (SSSR count). The molecule has 2 aromatic heterocycles. The van der Waals surface area contributed by atoms with Crippen LogP contribution in [0.2, 0.25) is 0 Å². The molecule has 134 valence electrons. The van der Waals surface area contributed by atoms with E-state index in [9.17, 15) is 13.2 Å². The first-order valence-electron chi connectivity index (χ1n) is 8.37. The van der Waals surface area contributed by atoms with E-state index in [-0.39, 0.29) is 0 Å². The molecule has 0 aromatic carbocycles. The molecule has 4 nitrogen and oxygen atoms in total. The molecular formula is C18H21F3N4. The van der Waals surface area contributed by atoms with Gasteiger partial charge in [0.25, 0.3) is 0 Å². The third-order valence-electron chi connectivity index (χ3n) is 4.45. The number of nitrogens with zero attached hydrogens (tertiary/aromatic N) is 3. The van der Waals surface area contributed by atoms with E-state index in [1.54, 1.807) is 0 Å². The van der Waals surface area contributed by atoms with Gasteiger partial charge < -0.3 is 5.32 Å². The lowest BCUT2D eigenvalue weighted by Gasteiger charge is -2.32. The Morgan fingerprint density at radius 3 is 2.36 bits per heavy atom. The molecule has 1 saturated heterocycles. The SMILES string of the molecule is FC(F)(F)c1ccc(CNC2CCN(Cc3ccncc3)CC2)cn1. The first kappa shape index (κ1) is 17.8. The van der Waals surface area contributed by atoms with Gasteiger partial charge in [0.1, 0.15) is 5.69 Å². The average Bonchev–Trinajstić information content (AvgIpc) is 2.62. The molecule has 0 saturated carbocycles. The van der Waals surface area contributed by atoms with Crippen LogP contribution in [0.1, 0.15) is 29.7 Å². The highest BCUT2D eigenvalue weighted by Crippen LogP contribution is 2.27. The largest absolute Gasteiger partial charge is 0.433 e. The van der Waals surface area contributed by atoms with Gasteiger partial charge in [-0.1, -0.05) is 6.07 Å². The number of aromatic nitrogens is 2. The Labute approximate surface area is 145 Å². The first-order chi connectivity index (χ1) is 12.0. The summed E-state index contributed by atoms with van der Waals surface area (Å²) in [6.45, 7) is 3.48. The van der Waals surface area contributed by atoms with Crippen LogP contribution in [0.5, 0.6) is 0 Å². The zero-order valence-corrected chi connectivity index (χ0v) is 13.8. The van der Waals surface area contributed by atoms with Crippen LogP contribution in [-0.4, -0.2) is 34.0 Å². The van der Waals surface area contributed by atoms with E-state index in [1.807, 2.05) is 24.5 Å². The molecule has 1 fully saturated rings. The molecule has 0 amide bonds. The van der Waals surface area contributed by atoms with Crippen molar-refractivity contribution in [1.29, 1.82) is 0 Å². The Morgan fingerprint density at radius 1 is 1.04 bits per heavy atom. The number of pyridine rings is 2. The summed E-state index contributed by atoms with van der Waals surface area (Å²) in [4.78, 5) is 9.93. The summed E-state index contributed by atoms with van der Waals surface area (Å²) in [6.07, 6.45) is 2.59. The summed E-state index contributed by atoms with van der Waals surface area (Å²) in [5.74, 6) is 0. The molecular weight excluding hydrogens is 329 g/mol. The maximum absolute atomic E-state index is 12.5. The number of nitrogens with one attached hydrogen (secondary N) is 1. The highest BCUT2D eigenvalue weighted by Gasteiger charge is 2.32. The van der Waals surface area contributed by atoms with E-state index < -0.39 is 11.9 Å². The van der Waals surface area contributed by atoms with Crippen LogP contribution in [0.15, 0.2) is 42.9 Å². The second kappa shape index (κ2) is 7.93. The van der Waals surface area contributed by atoms with Crippen LogP contribution in [0.25, 0.3) is 0 Å². The van der Waals surface area contributed by atoms with Crippen molar-refractivity contribution >= 4 is 0 Å². The normalized spacial score (nSPS) is 16.9. The Bertz CT molecular complexity index is 650. The van der Waals surface area contributed by atoms with Crippen molar-refractivity contribution in [3.8, 4) is 0 Å². The van der Waals surface area contributed by atoms with Gasteiger partial charge in [0.15, 0.2) is 0 Å². The first-order valence-corrected chi connectivity index (χ1v) is 8.37. The second-order valence-electron chi connectivity index (χ2n) is 6.34. The Balaban J connectivity index is 1.42. The molecule has 1 aliphatic heterocycles. The summed E-state index contributed by atoms with van der Waals surface area (Å²) in [7, 11) is 0. The van der Waals surface area contributed by atoms with E-state index in [0.29, 0.717) is 12.6 Å². The Kier molecular flexibility index (Phi) is 5.65. The molecule has 3 heterocycles. The number of likely N-dealkylation sites (tertiary alicyclic amines) is 1. The van der Waals surface area contributed by atoms with Gasteiger partial charge in [0, 0.05) is 37.7 Å². The minimum atomic E-state index is -4.38. The zero-order valence-electron chi connectivity index (χ0n) is 13.8. The minimum Gasteiger partial charge on any atom is -0.310 e. The minimum absolute atomic E-state index is 0.385. The number of hydrogen-bond acceptors (Lipinski definition) is 4. The Hall–Kier alpha value is -1.99. The highest BCUT2D eigenvalue weighted by atomic mass is 19.4. The van der Waals surface area contributed by atoms with Gasteiger partial charge in [-0.15, -0.1) is 0 Å². The van der Waals surface area contributed by atoms with Crippen molar-refractivity contribution in [1.82, 2.24) is 20.2 Å². The van der Waals surface area contributed by atoms with Crippen molar-refractivity contribution in [3.05, 3.63) is 59.7 Å². The maximum Gasteiger partial charge on any atom is 0.433 e. The van der Waals surface area contributed by atoms with Crippen LogP contribution < -0.4 is 5.32 Å². The predicted molar refractivity (Wildman–Crippen MR) is 88.6 cm³/mol.